The quantitative estimate of drug-likeness (QED) is 0.890. The number of ether oxygens (including phenoxy) is 1. The molecule has 1 aromatic carbocycles. The molecule has 0 aromatic heterocycles. The molecular formula is C17H24FNO. The van der Waals surface area contributed by atoms with E-state index in [-0.39, 0.29) is 5.82 Å². The Labute approximate surface area is 120 Å². The van der Waals surface area contributed by atoms with Crippen molar-refractivity contribution in [1.82, 2.24) is 5.32 Å². The van der Waals surface area contributed by atoms with Crippen LogP contribution in [-0.4, -0.2) is 20.2 Å². The van der Waals surface area contributed by atoms with E-state index < -0.39 is 0 Å². The van der Waals surface area contributed by atoms with Gasteiger partial charge in [-0.25, -0.2) is 4.39 Å². The number of likely N-dealkylation sites (N-methyl/N-ethyl adjacent to an activating group) is 1. The average Bonchev–Trinajstić information content (AvgIpc) is 3.07. The zero-order chi connectivity index (χ0) is 14.1. The Kier molecular flexibility index (Phi) is 3.97. The van der Waals surface area contributed by atoms with E-state index in [9.17, 15) is 4.39 Å². The van der Waals surface area contributed by atoms with Crippen molar-refractivity contribution >= 4 is 0 Å². The molecule has 3 heteroatoms. The summed E-state index contributed by atoms with van der Waals surface area (Å²) in [5.74, 6) is 2.68. The molecule has 20 heavy (non-hydrogen) atoms. The van der Waals surface area contributed by atoms with Gasteiger partial charge in [0, 0.05) is 6.04 Å². The largest absolute Gasteiger partial charge is 0.494 e. The lowest BCUT2D eigenvalue weighted by Gasteiger charge is -2.30. The minimum atomic E-state index is -0.257. The van der Waals surface area contributed by atoms with E-state index in [2.05, 4.69) is 5.32 Å². The number of hydrogen-bond donors (Lipinski definition) is 1. The Morgan fingerprint density at radius 3 is 2.75 bits per heavy atom. The Morgan fingerprint density at radius 2 is 2.20 bits per heavy atom. The molecule has 0 radical (unpaired) electrons. The average molecular weight is 277 g/mol. The molecule has 1 aromatic rings. The summed E-state index contributed by atoms with van der Waals surface area (Å²) in [4.78, 5) is 0. The van der Waals surface area contributed by atoms with E-state index in [1.165, 1.54) is 32.8 Å². The lowest BCUT2D eigenvalue weighted by Crippen LogP contribution is -2.38. The maximum absolute atomic E-state index is 13.8. The van der Waals surface area contributed by atoms with E-state index in [1.807, 2.05) is 13.1 Å². The summed E-state index contributed by atoms with van der Waals surface area (Å²) in [5.41, 5.74) is 1.06. The van der Waals surface area contributed by atoms with Crippen molar-refractivity contribution in [3.8, 4) is 5.75 Å². The summed E-state index contributed by atoms with van der Waals surface area (Å²) in [7, 11) is 3.54. The summed E-state index contributed by atoms with van der Waals surface area (Å²) in [6, 6.07) is 5.81. The molecular weight excluding hydrogens is 253 g/mol. The predicted octanol–water partition coefficient (Wildman–Crippen LogP) is 3.40. The number of hydrogen-bond acceptors (Lipinski definition) is 2. The highest BCUT2D eigenvalue weighted by Gasteiger charge is 2.42. The standard InChI is InChI=1S/C17H24FNO/c1-19-16(14-8-11-3-5-13(14)7-11)10-12-4-6-17(20-2)15(18)9-12/h4,6,9,11,13-14,16,19H,3,5,7-8,10H2,1-2H3. The van der Waals surface area contributed by atoms with Gasteiger partial charge in [-0.2, -0.15) is 0 Å². The fraction of sp³-hybridized carbons (Fsp3) is 0.647. The molecule has 1 N–H and O–H groups in total. The van der Waals surface area contributed by atoms with Crippen LogP contribution in [0.3, 0.4) is 0 Å². The van der Waals surface area contributed by atoms with Crippen LogP contribution in [0.15, 0.2) is 18.2 Å². The molecule has 0 aliphatic heterocycles. The number of fused-ring (bicyclic) bond motifs is 2. The maximum atomic E-state index is 13.8. The Balaban J connectivity index is 1.70. The zero-order valence-electron chi connectivity index (χ0n) is 12.4. The fourth-order valence-corrected chi connectivity index (χ4v) is 4.35. The first-order valence-corrected chi connectivity index (χ1v) is 7.71. The molecule has 3 rings (SSSR count). The molecule has 110 valence electrons. The predicted molar refractivity (Wildman–Crippen MR) is 78.4 cm³/mol. The molecule has 2 bridgehead atoms. The number of halogens is 1. The maximum Gasteiger partial charge on any atom is 0.165 e. The smallest absolute Gasteiger partial charge is 0.165 e. The fourth-order valence-electron chi connectivity index (χ4n) is 4.35. The Hall–Kier alpha value is -1.09. The van der Waals surface area contributed by atoms with Crippen molar-refractivity contribution in [2.45, 2.75) is 38.1 Å². The number of methoxy groups -OCH3 is 1. The minimum Gasteiger partial charge on any atom is -0.494 e. The van der Waals surface area contributed by atoms with Gasteiger partial charge < -0.3 is 10.1 Å². The molecule has 4 unspecified atom stereocenters. The van der Waals surface area contributed by atoms with Crippen LogP contribution in [0.4, 0.5) is 4.39 Å². The molecule has 2 saturated carbocycles. The van der Waals surface area contributed by atoms with Crippen molar-refractivity contribution in [3.63, 3.8) is 0 Å². The number of rotatable bonds is 5. The summed E-state index contributed by atoms with van der Waals surface area (Å²) < 4.78 is 18.8. The normalized spacial score (nSPS) is 29.6. The van der Waals surface area contributed by atoms with Crippen molar-refractivity contribution in [2.24, 2.45) is 17.8 Å². The molecule has 0 heterocycles. The first-order chi connectivity index (χ1) is 9.71. The van der Waals surface area contributed by atoms with E-state index >= 15 is 0 Å². The second-order valence-corrected chi connectivity index (χ2v) is 6.41. The van der Waals surface area contributed by atoms with E-state index in [0.717, 1.165) is 29.7 Å². The van der Waals surface area contributed by atoms with Crippen LogP contribution in [0.5, 0.6) is 5.75 Å². The number of benzene rings is 1. The van der Waals surface area contributed by atoms with Gasteiger partial charge in [-0.1, -0.05) is 12.5 Å². The highest BCUT2D eigenvalue weighted by molar-refractivity contribution is 5.29. The van der Waals surface area contributed by atoms with Crippen LogP contribution in [0.2, 0.25) is 0 Å². The Bertz CT molecular complexity index is 476. The third kappa shape index (κ3) is 2.56. The van der Waals surface area contributed by atoms with Gasteiger partial charge in [-0.3, -0.25) is 0 Å². The van der Waals surface area contributed by atoms with Crippen LogP contribution >= 0.6 is 0 Å². The molecule has 2 aliphatic carbocycles. The van der Waals surface area contributed by atoms with Crippen LogP contribution < -0.4 is 10.1 Å². The van der Waals surface area contributed by atoms with Gasteiger partial charge in [0.15, 0.2) is 11.6 Å². The summed E-state index contributed by atoms with van der Waals surface area (Å²) in [5, 5.41) is 3.47. The molecule has 4 atom stereocenters. The summed E-state index contributed by atoms with van der Waals surface area (Å²) in [6.45, 7) is 0. The van der Waals surface area contributed by atoms with Crippen molar-refractivity contribution in [3.05, 3.63) is 29.6 Å². The van der Waals surface area contributed by atoms with Gasteiger partial charge in [0.2, 0.25) is 0 Å². The molecule has 0 spiro atoms. The molecule has 2 fully saturated rings. The molecule has 0 saturated heterocycles. The van der Waals surface area contributed by atoms with Crippen LogP contribution in [-0.2, 0) is 6.42 Å². The zero-order valence-corrected chi connectivity index (χ0v) is 12.4. The van der Waals surface area contributed by atoms with Gasteiger partial charge in [0.05, 0.1) is 7.11 Å². The van der Waals surface area contributed by atoms with Crippen molar-refractivity contribution < 1.29 is 9.13 Å². The first-order valence-electron chi connectivity index (χ1n) is 7.71. The summed E-state index contributed by atoms with van der Waals surface area (Å²) >= 11 is 0. The minimum absolute atomic E-state index is 0.257. The molecule has 2 nitrogen and oxygen atoms in total. The lowest BCUT2D eigenvalue weighted by molar-refractivity contribution is 0.255. The van der Waals surface area contributed by atoms with Gasteiger partial charge in [0.25, 0.3) is 0 Å². The van der Waals surface area contributed by atoms with Gasteiger partial charge in [-0.05, 0) is 68.2 Å². The van der Waals surface area contributed by atoms with Crippen LogP contribution in [0, 0.1) is 23.6 Å². The second-order valence-electron chi connectivity index (χ2n) is 6.41. The van der Waals surface area contributed by atoms with E-state index in [1.54, 1.807) is 12.1 Å². The molecule has 2 aliphatic rings. The Morgan fingerprint density at radius 1 is 1.35 bits per heavy atom. The highest BCUT2D eigenvalue weighted by Crippen LogP contribution is 2.49. The highest BCUT2D eigenvalue weighted by atomic mass is 19.1. The van der Waals surface area contributed by atoms with Crippen LogP contribution in [0.1, 0.15) is 31.2 Å². The van der Waals surface area contributed by atoms with Crippen molar-refractivity contribution in [2.75, 3.05) is 14.2 Å². The van der Waals surface area contributed by atoms with E-state index in [4.69, 9.17) is 4.74 Å². The molecule has 0 amide bonds. The monoisotopic (exact) mass is 277 g/mol. The first kappa shape index (κ1) is 13.9. The van der Waals surface area contributed by atoms with Gasteiger partial charge >= 0.3 is 0 Å². The third-order valence-corrected chi connectivity index (χ3v) is 5.35. The van der Waals surface area contributed by atoms with Crippen LogP contribution in [0.25, 0.3) is 0 Å². The SMILES string of the molecule is CNC(Cc1ccc(OC)c(F)c1)C1CC2CCC1C2. The van der Waals surface area contributed by atoms with Gasteiger partial charge in [-0.15, -0.1) is 0 Å². The van der Waals surface area contributed by atoms with Gasteiger partial charge in [0.1, 0.15) is 0 Å². The summed E-state index contributed by atoms with van der Waals surface area (Å²) in [6.07, 6.45) is 6.50. The third-order valence-electron chi connectivity index (χ3n) is 5.35. The second kappa shape index (κ2) is 5.72. The lowest BCUT2D eigenvalue weighted by atomic mass is 9.81. The topological polar surface area (TPSA) is 21.3 Å². The number of nitrogens with one attached hydrogen (secondary N) is 1. The van der Waals surface area contributed by atoms with Crippen molar-refractivity contribution in [1.29, 1.82) is 0 Å². The van der Waals surface area contributed by atoms with E-state index in [0.29, 0.717) is 11.8 Å².